The minimum absolute atomic E-state index is 0.172. The summed E-state index contributed by atoms with van der Waals surface area (Å²) in [6.45, 7) is 6.18. The number of nitrogens with zero attached hydrogens (tertiary/aromatic N) is 1. The number of piperidine rings is 1. The molecule has 3 N–H and O–H groups in total. The van der Waals surface area contributed by atoms with Crippen LogP contribution in [0.25, 0.3) is 0 Å². The zero-order chi connectivity index (χ0) is 13.3. The molecule has 5 heteroatoms. The van der Waals surface area contributed by atoms with Gasteiger partial charge in [0, 0.05) is 19.1 Å². The van der Waals surface area contributed by atoms with Gasteiger partial charge in [-0.25, -0.2) is 0 Å². The van der Waals surface area contributed by atoms with E-state index in [1.807, 2.05) is 11.8 Å². The molecule has 0 saturated carbocycles. The van der Waals surface area contributed by atoms with Gasteiger partial charge in [0.1, 0.15) is 0 Å². The third-order valence-corrected chi connectivity index (χ3v) is 4.43. The number of carbonyl (C=O) groups is 2. The normalized spacial score (nSPS) is 36.7. The van der Waals surface area contributed by atoms with Crippen molar-refractivity contribution in [3.05, 3.63) is 0 Å². The molecule has 0 aliphatic carbocycles. The van der Waals surface area contributed by atoms with E-state index in [0.717, 1.165) is 32.4 Å². The van der Waals surface area contributed by atoms with E-state index in [1.54, 1.807) is 0 Å². The Morgan fingerprint density at radius 1 is 1.39 bits per heavy atom. The summed E-state index contributed by atoms with van der Waals surface area (Å²) in [5.74, 6) is -0.288. The van der Waals surface area contributed by atoms with Crippen molar-refractivity contribution in [2.24, 2.45) is 17.1 Å². The van der Waals surface area contributed by atoms with Gasteiger partial charge in [-0.15, -0.1) is 0 Å². The molecule has 3 unspecified atom stereocenters. The molecule has 0 bridgehead atoms. The summed E-state index contributed by atoms with van der Waals surface area (Å²) in [6.07, 6.45) is 2.54. The lowest BCUT2D eigenvalue weighted by Gasteiger charge is -2.40. The van der Waals surface area contributed by atoms with Crippen molar-refractivity contribution in [1.29, 1.82) is 0 Å². The van der Waals surface area contributed by atoms with Gasteiger partial charge in [-0.05, 0) is 39.7 Å². The van der Waals surface area contributed by atoms with Crippen LogP contribution in [-0.4, -0.2) is 42.4 Å². The fraction of sp³-hybridized carbons (Fsp3) is 0.846. The Morgan fingerprint density at radius 2 is 2.11 bits per heavy atom. The number of rotatable bonds is 2. The van der Waals surface area contributed by atoms with Gasteiger partial charge in [0.15, 0.2) is 0 Å². The third kappa shape index (κ3) is 2.36. The van der Waals surface area contributed by atoms with Gasteiger partial charge in [0.25, 0.3) is 0 Å². The molecule has 0 spiro atoms. The van der Waals surface area contributed by atoms with E-state index in [9.17, 15) is 9.59 Å². The predicted molar refractivity (Wildman–Crippen MR) is 68.7 cm³/mol. The Hall–Kier alpha value is -1.10. The van der Waals surface area contributed by atoms with E-state index in [2.05, 4.69) is 12.2 Å². The van der Waals surface area contributed by atoms with Crippen molar-refractivity contribution in [2.45, 2.75) is 39.2 Å². The number of nitrogens with one attached hydrogen (secondary N) is 1. The molecule has 0 aromatic rings. The maximum Gasteiger partial charge on any atom is 0.230 e. The minimum Gasteiger partial charge on any atom is -0.369 e. The van der Waals surface area contributed by atoms with Crippen LogP contribution < -0.4 is 11.1 Å². The Balaban J connectivity index is 2.10. The van der Waals surface area contributed by atoms with Gasteiger partial charge in [0.2, 0.25) is 11.8 Å². The van der Waals surface area contributed by atoms with Crippen LogP contribution in [-0.2, 0) is 9.59 Å². The largest absolute Gasteiger partial charge is 0.369 e. The molecule has 2 rings (SSSR count). The Kier molecular flexibility index (Phi) is 3.61. The second kappa shape index (κ2) is 4.88. The third-order valence-electron chi connectivity index (χ3n) is 4.43. The lowest BCUT2D eigenvalue weighted by atomic mass is 9.84. The molecule has 3 atom stereocenters. The maximum absolute atomic E-state index is 12.6. The fourth-order valence-electron chi connectivity index (χ4n) is 2.97. The number of likely N-dealkylation sites (tertiary alicyclic amines) is 1. The number of amides is 2. The quantitative estimate of drug-likeness (QED) is 0.733. The summed E-state index contributed by atoms with van der Waals surface area (Å²) < 4.78 is 0. The molecular weight excluding hydrogens is 230 g/mol. The summed E-state index contributed by atoms with van der Waals surface area (Å²) in [4.78, 5) is 25.8. The number of hydrogen-bond acceptors (Lipinski definition) is 3. The molecule has 2 saturated heterocycles. The monoisotopic (exact) mass is 253 g/mol. The summed E-state index contributed by atoms with van der Waals surface area (Å²) >= 11 is 0. The van der Waals surface area contributed by atoms with Gasteiger partial charge in [0.05, 0.1) is 11.3 Å². The average molecular weight is 253 g/mol. The first-order chi connectivity index (χ1) is 8.44. The highest BCUT2D eigenvalue weighted by Crippen LogP contribution is 2.31. The topological polar surface area (TPSA) is 75.4 Å². The molecule has 18 heavy (non-hydrogen) atoms. The lowest BCUT2D eigenvalue weighted by molar-refractivity contribution is -0.146. The molecule has 0 aromatic heterocycles. The van der Waals surface area contributed by atoms with Crippen LogP contribution in [0.5, 0.6) is 0 Å². The highest BCUT2D eigenvalue weighted by molar-refractivity contribution is 5.84. The van der Waals surface area contributed by atoms with E-state index < -0.39 is 0 Å². The maximum atomic E-state index is 12.6. The van der Waals surface area contributed by atoms with E-state index in [1.165, 1.54) is 0 Å². The SMILES string of the molecule is CC1CCC(C(N)=O)CN1C(=O)C1(C)CCNC1. The van der Waals surface area contributed by atoms with Gasteiger partial charge in [-0.3, -0.25) is 9.59 Å². The Labute approximate surface area is 108 Å². The zero-order valence-electron chi connectivity index (χ0n) is 11.2. The number of carbonyl (C=O) groups excluding carboxylic acids is 2. The first-order valence-corrected chi connectivity index (χ1v) is 6.75. The Bertz CT molecular complexity index is 350. The van der Waals surface area contributed by atoms with Crippen molar-refractivity contribution in [3.63, 3.8) is 0 Å². The van der Waals surface area contributed by atoms with Crippen LogP contribution in [0.3, 0.4) is 0 Å². The summed E-state index contributed by atoms with van der Waals surface area (Å²) in [7, 11) is 0. The fourth-order valence-corrected chi connectivity index (χ4v) is 2.97. The summed E-state index contributed by atoms with van der Waals surface area (Å²) in [5.41, 5.74) is 5.06. The summed E-state index contributed by atoms with van der Waals surface area (Å²) in [5, 5.41) is 3.24. The van der Waals surface area contributed by atoms with Crippen LogP contribution in [0.2, 0.25) is 0 Å². The summed E-state index contributed by atoms with van der Waals surface area (Å²) in [6, 6.07) is 0.213. The zero-order valence-corrected chi connectivity index (χ0v) is 11.2. The van der Waals surface area contributed by atoms with Gasteiger partial charge < -0.3 is 16.0 Å². The molecule has 5 nitrogen and oxygen atoms in total. The molecule has 102 valence electrons. The molecule has 2 heterocycles. The first-order valence-electron chi connectivity index (χ1n) is 6.75. The van der Waals surface area contributed by atoms with Crippen LogP contribution >= 0.6 is 0 Å². The smallest absolute Gasteiger partial charge is 0.230 e. The lowest BCUT2D eigenvalue weighted by Crippen LogP contribution is -2.53. The minimum atomic E-state index is -0.312. The second-order valence-electron chi connectivity index (χ2n) is 5.97. The molecule has 0 aromatic carbocycles. The average Bonchev–Trinajstić information content (AvgIpc) is 2.77. The standard InChI is InChI=1S/C13H23N3O2/c1-9-3-4-10(11(14)17)7-16(9)12(18)13(2)5-6-15-8-13/h9-10,15H,3-8H2,1-2H3,(H2,14,17). The Morgan fingerprint density at radius 3 is 2.67 bits per heavy atom. The predicted octanol–water partition coefficient (Wildman–Crippen LogP) is 0.0984. The molecule has 2 aliphatic rings. The number of hydrogen-bond donors (Lipinski definition) is 2. The van der Waals surface area contributed by atoms with E-state index in [-0.39, 0.29) is 29.2 Å². The molecule has 0 radical (unpaired) electrons. The molecular formula is C13H23N3O2. The van der Waals surface area contributed by atoms with Crippen LogP contribution in [0, 0.1) is 11.3 Å². The van der Waals surface area contributed by atoms with E-state index >= 15 is 0 Å². The molecule has 2 aliphatic heterocycles. The van der Waals surface area contributed by atoms with Crippen LogP contribution in [0.1, 0.15) is 33.1 Å². The molecule has 2 amide bonds. The number of nitrogens with two attached hydrogens (primary N) is 1. The van der Waals surface area contributed by atoms with Crippen molar-refractivity contribution in [3.8, 4) is 0 Å². The number of primary amides is 1. The van der Waals surface area contributed by atoms with Crippen molar-refractivity contribution < 1.29 is 9.59 Å². The van der Waals surface area contributed by atoms with Crippen LogP contribution in [0.4, 0.5) is 0 Å². The molecule has 2 fully saturated rings. The van der Waals surface area contributed by atoms with Crippen molar-refractivity contribution in [1.82, 2.24) is 10.2 Å². The highest BCUT2D eigenvalue weighted by Gasteiger charge is 2.42. The van der Waals surface area contributed by atoms with E-state index in [0.29, 0.717) is 6.54 Å². The highest BCUT2D eigenvalue weighted by atomic mass is 16.2. The van der Waals surface area contributed by atoms with Gasteiger partial charge in [-0.1, -0.05) is 0 Å². The van der Waals surface area contributed by atoms with Crippen LogP contribution in [0.15, 0.2) is 0 Å². The van der Waals surface area contributed by atoms with E-state index in [4.69, 9.17) is 5.73 Å². The second-order valence-corrected chi connectivity index (χ2v) is 5.97. The van der Waals surface area contributed by atoms with Crippen molar-refractivity contribution >= 4 is 11.8 Å². The van der Waals surface area contributed by atoms with Gasteiger partial charge in [-0.2, -0.15) is 0 Å². The first kappa shape index (κ1) is 13.3. The van der Waals surface area contributed by atoms with Crippen molar-refractivity contribution in [2.75, 3.05) is 19.6 Å². The van der Waals surface area contributed by atoms with Gasteiger partial charge >= 0.3 is 0 Å².